The molecular formula is C13H22N2O3. The first-order valence-corrected chi connectivity index (χ1v) is 6.74. The number of amides is 2. The van der Waals surface area contributed by atoms with E-state index in [1.54, 1.807) is 4.90 Å². The van der Waals surface area contributed by atoms with E-state index in [0.717, 1.165) is 12.5 Å². The summed E-state index contributed by atoms with van der Waals surface area (Å²) in [5.74, 6) is 0.791. The predicted molar refractivity (Wildman–Crippen MR) is 66.9 cm³/mol. The van der Waals surface area contributed by atoms with Crippen molar-refractivity contribution in [1.82, 2.24) is 10.2 Å². The third kappa shape index (κ3) is 3.22. The summed E-state index contributed by atoms with van der Waals surface area (Å²) >= 11 is 0. The molecule has 1 aliphatic heterocycles. The molecule has 0 spiro atoms. The van der Waals surface area contributed by atoms with Crippen molar-refractivity contribution in [3.8, 4) is 0 Å². The van der Waals surface area contributed by atoms with Crippen LogP contribution in [0, 0.1) is 11.8 Å². The minimum Gasteiger partial charge on any atom is -0.379 e. The van der Waals surface area contributed by atoms with Crippen molar-refractivity contribution in [3.05, 3.63) is 0 Å². The fourth-order valence-corrected chi connectivity index (χ4v) is 2.29. The van der Waals surface area contributed by atoms with Gasteiger partial charge in [-0.3, -0.25) is 9.59 Å². The van der Waals surface area contributed by atoms with Crippen LogP contribution in [0.4, 0.5) is 0 Å². The maximum Gasteiger partial charge on any atom is 0.243 e. The van der Waals surface area contributed by atoms with E-state index in [1.807, 2.05) is 13.8 Å². The molecule has 18 heavy (non-hydrogen) atoms. The minimum atomic E-state index is -0.351. The average molecular weight is 254 g/mol. The number of hydrogen-bond acceptors (Lipinski definition) is 3. The van der Waals surface area contributed by atoms with Crippen LogP contribution in [0.1, 0.15) is 26.7 Å². The first kappa shape index (κ1) is 13.3. The Kier molecular flexibility index (Phi) is 4.22. The van der Waals surface area contributed by atoms with Gasteiger partial charge >= 0.3 is 0 Å². The summed E-state index contributed by atoms with van der Waals surface area (Å²) in [6.07, 6.45) is 2.53. The molecule has 2 aliphatic rings. The molecule has 5 heteroatoms. The van der Waals surface area contributed by atoms with Crippen LogP contribution in [-0.2, 0) is 14.3 Å². The molecule has 1 aliphatic carbocycles. The van der Waals surface area contributed by atoms with Gasteiger partial charge in [-0.15, -0.1) is 0 Å². The third-order valence-electron chi connectivity index (χ3n) is 3.50. The number of hydrogen-bond donors (Lipinski definition) is 1. The van der Waals surface area contributed by atoms with Gasteiger partial charge in [-0.1, -0.05) is 13.8 Å². The van der Waals surface area contributed by atoms with E-state index < -0.39 is 0 Å². The van der Waals surface area contributed by atoms with Gasteiger partial charge in [-0.2, -0.15) is 0 Å². The molecule has 0 aromatic rings. The SMILES string of the molecule is CC(C)C1C(=O)NCC(=O)N1CCOCC1CC1. The maximum absolute atomic E-state index is 11.9. The van der Waals surface area contributed by atoms with Gasteiger partial charge < -0.3 is 15.0 Å². The van der Waals surface area contributed by atoms with E-state index in [9.17, 15) is 9.59 Å². The topological polar surface area (TPSA) is 58.6 Å². The van der Waals surface area contributed by atoms with Crippen molar-refractivity contribution in [2.24, 2.45) is 11.8 Å². The normalized spacial score (nSPS) is 24.6. The monoisotopic (exact) mass is 254 g/mol. The van der Waals surface area contributed by atoms with E-state index in [2.05, 4.69) is 5.32 Å². The summed E-state index contributed by atoms with van der Waals surface area (Å²) in [5.41, 5.74) is 0. The van der Waals surface area contributed by atoms with Gasteiger partial charge in [0.25, 0.3) is 0 Å². The number of nitrogens with zero attached hydrogens (tertiary/aromatic N) is 1. The van der Waals surface area contributed by atoms with E-state index in [4.69, 9.17) is 4.74 Å². The number of piperazine rings is 1. The number of carbonyl (C=O) groups excluding carboxylic acids is 2. The van der Waals surface area contributed by atoms with Crippen molar-refractivity contribution >= 4 is 11.8 Å². The zero-order chi connectivity index (χ0) is 13.1. The molecule has 0 radical (unpaired) electrons. The lowest BCUT2D eigenvalue weighted by Gasteiger charge is -2.37. The number of rotatable bonds is 6. The fraction of sp³-hybridized carbons (Fsp3) is 0.846. The molecule has 2 amide bonds. The Morgan fingerprint density at radius 1 is 1.39 bits per heavy atom. The van der Waals surface area contributed by atoms with Crippen molar-refractivity contribution in [3.63, 3.8) is 0 Å². The van der Waals surface area contributed by atoms with Gasteiger partial charge in [0.15, 0.2) is 0 Å². The van der Waals surface area contributed by atoms with Crippen LogP contribution in [0.25, 0.3) is 0 Å². The Morgan fingerprint density at radius 2 is 2.11 bits per heavy atom. The zero-order valence-electron chi connectivity index (χ0n) is 11.1. The summed E-state index contributed by atoms with van der Waals surface area (Å²) in [7, 11) is 0. The fourth-order valence-electron chi connectivity index (χ4n) is 2.29. The molecular weight excluding hydrogens is 232 g/mol. The number of nitrogens with one attached hydrogen (secondary N) is 1. The average Bonchev–Trinajstić information content (AvgIpc) is 3.12. The Morgan fingerprint density at radius 3 is 2.72 bits per heavy atom. The lowest BCUT2D eigenvalue weighted by Crippen LogP contribution is -2.60. The van der Waals surface area contributed by atoms with Gasteiger partial charge in [-0.05, 0) is 24.7 Å². The van der Waals surface area contributed by atoms with Crippen molar-refractivity contribution in [2.75, 3.05) is 26.3 Å². The number of ether oxygens (including phenoxy) is 1. The van der Waals surface area contributed by atoms with Gasteiger partial charge in [-0.25, -0.2) is 0 Å². The van der Waals surface area contributed by atoms with E-state index in [-0.39, 0.29) is 30.3 Å². The molecule has 102 valence electrons. The molecule has 5 nitrogen and oxygen atoms in total. The van der Waals surface area contributed by atoms with Gasteiger partial charge in [0, 0.05) is 13.2 Å². The second kappa shape index (κ2) is 5.69. The van der Waals surface area contributed by atoms with Gasteiger partial charge in [0.2, 0.25) is 11.8 Å². The van der Waals surface area contributed by atoms with Crippen LogP contribution >= 0.6 is 0 Å². The van der Waals surface area contributed by atoms with Crippen LogP contribution in [0.15, 0.2) is 0 Å². The molecule has 1 saturated carbocycles. The van der Waals surface area contributed by atoms with Crippen LogP contribution < -0.4 is 5.32 Å². The van der Waals surface area contributed by atoms with E-state index >= 15 is 0 Å². The van der Waals surface area contributed by atoms with Crippen LogP contribution in [0.2, 0.25) is 0 Å². The predicted octanol–water partition coefficient (Wildman–Crippen LogP) is 0.396. The highest BCUT2D eigenvalue weighted by molar-refractivity contribution is 5.94. The lowest BCUT2D eigenvalue weighted by atomic mass is 9.99. The maximum atomic E-state index is 11.9. The van der Waals surface area contributed by atoms with Crippen LogP contribution in [0.5, 0.6) is 0 Å². The van der Waals surface area contributed by atoms with E-state index in [1.165, 1.54) is 12.8 Å². The summed E-state index contributed by atoms with van der Waals surface area (Å²) in [6.45, 7) is 5.87. The molecule has 1 heterocycles. The third-order valence-corrected chi connectivity index (χ3v) is 3.50. The molecule has 2 fully saturated rings. The molecule has 0 bridgehead atoms. The van der Waals surface area contributed by atoms with Crippen molar-refractivity contribution in [2.45, 2.75) is 32.7 Å². The lowest BCUT2D eigenvalue weighted by molar-refractivity contribution is -0.148. The molecule has 1 N–H and O–H groups in total. The Bertz CT molecular complexity index is 326. The summed E-state index contributed by atoms with van der Waals surface area (Å²) in [4.78, 5) is 25.3. The smallest absolute Gasteiger partial charge is 0.243 e. The Hall–Kier alpha value is -1.10. The molecule has 1 unspecified atom stereocenters. The molecule has 1 saturated heterocycles. The highest BCUT2D eigenvalue weighted by Gasteiger charge is 2.36. The largest absolute Gasteiger partial charge is 0.379 e. The summed E-state index contributed by atoms with van der Waals surface area (Å²) in [5, 5.41) is 2.64. The van der Waals surface area contributed by atoms with Crippen LogP contribution in [-0.4, -0.2) is 49.1 Å². The highest BCUT2D eigenvalue weighted by atomic mass is 16.5. The molecule has 0 aromatic heterocycles. The Balaban J connectivity index is 1.84. The van der Waals surface area contributed by atoms with Gasteiger partial charge in [0.05, 0.1) is 13.2 Å². The van der Waals surface area contributed by atoms with Gasteiger partial charge in [0.1, 0.15) is 6.04 Å². The second-order valence-corrected chi connectivity index (χ2v) is 5.51. The highest BCUT2D eigenvalue weighted by Crippen LogP contribution is 2.28. The standard InChI is InChI=1S/C13H22N2O3/c1-9(2)12-13(17)14-7-11(16)15(12)5-6-18-8-10-3-4-10/h9-10,12H,3-8H2,1-2H3,(H,14,17). The molecule has 1 atom stereocenters. The second-order valence-electron chi connectivity index (χ2n) is 5.51. The zero-order valence-corrected chi connectivity index (χ0v) is 11.1. The van der Waals surface area contributed by atoms with Crippen molar-refractivity contribution < 1.29 is 14.3 Å². The van der Waals surface area contributed by atoms with Crippen molar-refractivity contribution in [1.29, 1.82) is 0 Å². The molecule has 2 rings (SSSR count). The van der Waals surface area contributed by atoms with Crippen LogP contribution in [0.3, 0.4) is 0 Å². The quantitative estimate of drug-likeness (QED) is 0.698. The Labute approximate surface area is 108 Å². The summed E-state index contributed by atoms with van der Waals surface area (Å²) < 4.78 is 5.55. The first-order valence-electron chi connectivity index (χ1n) is 6.74. The minimum absolute atomic E-state index is 0.0108. The summed E-state index contributed by atoms with van der Waals surface area (Å²) in [6, 6.07) is -0.351. The number of carbonyl (C=O) groups is 2. The van der Waals surface area contributed by atoms with E-state index in [0.29, 0.717) is 13.2 Å². The molecule has 0 aromatic carbocycles. The first-order chi connectivity index (χ1) is 8.59.